The summed E-state index contributed by atoms with van der Waals surface area (Å²) in [5.74, 6) is 0.955. The third-order valence-electron chi connectivity index (χ3n) is 4.52. The number of H-pyrrole nitrogens is 1. The number of aromatic amines is 1. The highest BCUT2D eigenvalue weighted by Crippen LogP contribution is 2.32. The van der Waals surface area contributed by atoms with Crippen molar-refractivity contribution >= 4 is 34.1 Å². The first kappa shape index (κ1) is 17.4. The van der Waals surface area contributed by atoms with Crippen molar-refractivity contribution in [3.8, 4) is 11.5 Å². The van der Waals surface area contributed by atoms with Crippen LogP contribution in [-0.2, 0) is 16.0 Å². The first-order chi connectivity index (χ1) is 13.2. The van der Waals surface area contributed by atoms with E-state index in [1.165, 1.54) is 7.11 Å². The number of fused-ring (bicyclic) bond motifs is 2. The summed E-state index contributed by atoms with van der Waals surface area (Å²) in [6, 6.07) is 12.8. The standard InChI is InChI=1S/C20H18N2O4S/c1-24-20(23)16(8-13-10-21-15-5-3-2-4-14(13)15)22-19(27)12-6-7-17-18(9-12)26-11-25-17/h2-7,9-10,16,21H,8,11H2,1H3,(H,22,27)/t16-/m1/s1. The average molecular weight is 382 g/mol. The van der Waals surface area contributed by atoms with Crippen LogP contribution in [0.25, 0.3) is 10.9 Å². The van der Waals surface area contributed by atoms with Crippen molar-refractivity contribution in [1.29, 1.82) is 0 Å². The zero-order chi connectivity index (χ0) is 18.8. The van der Waals surface area contributed by atoms with Gasteiger partial charge in [0.15, 0.2) is 11.5 Å². The second kappa shape index (κ2) is 7.28. The summed E-state index contributed by atoms with van der Waals surface area (Å²) in [4.78, 5) is 16.0. The lowest BCUT2D eigenvalue weighted by molar-refractivity contribution is -0.142. The van der Waals surface area contributed by atoms with E-state index in [-0.39, 0.29) is 12.8 Å². The van der Waals surface area contributed by atoms with Gasteiger partial charge in [0.2, 0.25) is 6.79 Å². The van der Waals surface area contributed by atoms with Gasteiger partial charge < -0.3 is 24.5 Å². The summed E-state index contributed by atoms with van der Waals surface area (Å²) in [7, 11) is 1.37. The van der Waals surface area contributed by atoms with Gasteiger partial charge in [0.1, 0.15) is 11.0 Å². The molecule has 4 rings (SSSR count). The molecule has 2 aromatic carbocycles. The van der Waals surface area contributed by atoms with Gasteiger partial charge in [-0.05, 0) is 29.8 Å². The number of esters is 1. The fourth-order valence-corrected chi connectivity index (χ4v) is 3.40. The molecule has 2 N–H and O–H groups in total. The maximum absolute atomic E-state index is 12.3. The molecule has 1 aromatic heterocycles. The number of hydrogen-bond donors (Lipinski definition) is 2. The second-order valence-electron chi connectivity index (χ2n) is 6.18. The van der Waals surface area contributed by atoms with Crippen LogP contribution in [0, 0.1) is 0 Å². The largest absolute Gasteiger partial charge is 0.467 e. The number of carbonyl (C=O) groups is 1. The van der Waals surface area contributed by atoms with Crippen molar-refractivity contribution < 1.29 is 19.0 Å². The lowest BCUT2D eigenvalue weighted by atomic mass is 10.0. The minimum absolute atomic E-state index is 0.199. The molecule has 3 aromatic rings. The Hall–Kier alpha value is -3.06. The second-order valence-corrected chi connectivity index (χ2v) is 6.59. The van der Waals surface area contributed by atoms with E-state index in [1.807, 2.05) is 36.5 Å². The highest BCUT2D eigenvalue weighted by atomic mass is 32.1. The smallest absolute Gasteiger partial charge is 0.328 e. The van der Waals surface area contributed by atoms with Crippen LogP contribution in [0.15, 0.2) is 48.7 Å². The van der Waals surface area contributed by atoms with Gasteiger partial charge in [-0.25, -0.2) is 4.79 Å². The van der Waals surface area contributed by atoms with Gasteiger partial charge in [-0.1, -0.05) is 30.4 Å². The van der Waals surface area contributed by atoms with Gasteiger partial charge in [-0.15, -0.1) is 0 Å². The Bertz CT molecular complexity index is 1010. The quantitative estimate of drug-likeness (QED) is 0.522. The number of methoxy groups -OCH3 is 1. The molecule has 0 unspecified atom stereocenters. The molecule has 0 bridgehead atoms. The van der Waals surface area contributed by atoms with E-state index < -0.39 is 6.04 Å². The zero-order valence-electron chi connectivity index (χ0n) is 14.7. The molecule has 0 spiro atoms. The van der Waals surface area contributed by atoms with Crippen LogP contribution in [0.4, 0.5) is 0 Å². The molecule has 7 heteroatoms. The minimum atomic E-state index is -0.605. The van der Waals surface area contributed by atoms with Crippen LogP contribution in [0.3, 0.4) is 0 Å². The molecule has 0 saturated heterocycles. The van der Waals surface area contributed by atoms with Gasteiger partial charge in [0.25, 0.3) is 0 Å². The summed E-state index contributed by atoms with van der Waals surface area (Å²) in [6.07, 6.45) is 2.35. The van der Waals surface area contributed by atoms with Crippen molar-refractivity contribution in [1.82, 2.24) is 10.3 Å². The average Bonchev–Trinajstić information content (AvgIpc) is 3.33. The SMILES string of the molecule is COC(=O)[C@@H](Cc1c[nH]c2ccccc12)NC(=S)c1ccc2c(c1)OCO2. The van der Waals surface area contributed by atoms with Crippen molar-refractivity contribution in [2.24, 2.45) is 0 Å². The highest BCUT2D eigenvalue weighted by molar-refractivity contribution is 7.80. The molecule has 0 fully saturated rings. The maximum Gasteiger partial charge on any atom is 0.328 e. The molecule has 1 aliphatic rings. The van der Waals surface area contributed by atoms with E-state index in [4.69, 9.17) is 26.4 Å². The van der Waals surface area contributed by atoms with Gasteiger partial charge in [0, 0.05) is 29.1 Å². The highest BCUT2D eigenvalue weighted by Gasteiger charge is 2.23. The topological polar surface area (TPSA) is 72.6 Å². The third-order valence-corrected chi connectivity index (χ3v) is 4.88. The van der Waals surface area contributed by atoms with E-state index in [0.717, 1.165) is 22.0 Å². The third kappa shape index (κ3) is 3.46. The molecule has 6 nitrogen and oxygen atoms in total. The van der Waals surface area contributed by atoms with Crippen LogP contribution in [-0.4, -0.2) is 35.9 Å². The summed E-state index contributed by atoms with van der Waals surface area (Å²) in [6.45, 7) is 0.199. The zero-order valence-corrected chi connectivity index (χ0v) is 15.5. The lowest BCUT2D eigenvalue weighted by Gasteiger charge is -2.18. The fraction of sp³-hybridized carbons (Fsp3) is 0.200. The van der Waals surface area contributed by atoms with Crippen LogP contribution in [0.1, 0.15) is 11.1 Å². The molecule has 2 heterocycles. The van der Waals surface area contributed by atoms with Crippen LogP contribution >= 0.6 is 12.2 Å². The summed E-state index contributed by atoms with van der Waals surface area (Å²) >= 11 is 5.50. The lowest BCUT2D eigenvalue weighted by Crippen LogP contribution is -2.42. The molecule has 0 aliphatic carbocycles. The molecule has 27 heavy (non-hydrogen) atoms. The van der Waals surface area contributed by atoms with E-state index in [2.05, 4.69) is 10.3 Å². The minimum Gasteiger partial charge on any atom is -0.467 e. The fourth-order valence-electron chi connectivity index (χ4n) is 3.14. The molecular formula is C20H18N2O4S. The van der Waals surface area contributed by atoms with E-state index in [1.54, 1.807) is 12.1 Å². The predicted octanol–water partition coefficient (Wildman–Crippen LogP) is 2.95. The Labute approximate surface area is 161 Å². The molecule has 138 valence electrons. The number of rotatable bonds is 5. The number of para-hydroxylation sites is 1. The van der Waals surface area contributed by atoms with E-state index in [9.17, 15) is 4.79 Å². The predicted molar refractivity (Wildman–Crippen MR) is 105 cm³/mol. The molecule has 0 amide bonds. The number of benzene rings is 2. The number of hydrogen-bond acceptors (Lipinski definition) is 5. The number of thiocarbonyl (C=S) groups is 1. The monoisotopic (exact) mass is 382 g/mol. The normalized spacial score (nSPS) is 13.4. The Morgan fingerprint density at radius 3 is 2.93 bits per heavy atom. The summed E-state index contributed by atoms with van der Waals surface area (Å²) < 4.78 is 15.7. The molecule has 0 radical (unpaired) electrons. The van der Waals surface area contributed by atoms with Crippen LogP contribution < -0.4 is 14.8 Å². The van der Waals surface area contributed by atoms with E-state index >= 15 is 0 Å². The maximum atomic E-state index is 12.3. The first-order valence-electron chi connectivity index (χ1n) is 8.49. The first-order valence-corrected chi connectivity index (χ1v) is 8.90. The molecule has 1 atom stereocenters. The Kier molecular flexibility index (Phi) is 4.68. The summed E-state index contributed by atoms with van der Waals surface area (Å²) in [5, 5.41) is 4.20. The van der Waals surface area contributed by atoms with Crippen LogP contribution in [0.5, 0.6) is 11.5 Å². The van der Waals surface area contributed by atoms with E-state index in [0.29, 0.717) is 22.9 Å². The number of aromatic nitrogens is 1. The van der Waals surface area contributed by atoms with Gasteiger partial charge >= 0.3 is 5.97 Å². The molecule has 0 saturated carbocycles. The molecular weight excluding hydrogens is 364 g/mol. The van der Waals surface area contributed by atoms with Crippen molar-refractivity contribution in [3.63, 3.8) is 0 Å². The Morgan fingerprint density at radius 2 is 2.07 bits per heavy atom. The van der Waals surface area contributed by atoms with Gasteiger partial charge in [-0.3, -0.25) is 0 Å². The van der Waals surface area contributed by atoms with Crippen molar-refractivity contribution in [3.05, 3.63) is 59.8 Å². The Balaban J connectivity index is 1.55. The number of ether oxygens (including phenoxy) is 3. The summed E-state index contributed by atoms with van der Waals surface area (Å²) in [5.41, 5.74) is 2.79. The molecule has 1 aliphatic heterocycles. The number of carbonyl (C=O) groups excluding carboxylic acids is 1. The van der Waals surface area contributed by atoms with Gasteiger partial charge in [0.05, 0.1) is 7.11 Å². The van der Waals surface area contributed by atoms with Crippen molar-refractivity contribution in [2.75, 3.05) is 13.9 Å². The van der Waals surface area contributed by atoms with Crippen molar-refractivity contribution in [2.45, 2.75) is 12.5 Å². The van der Waals surface area contributed by atoms with Crippen LogP contribution in [0.2, 0.25) is 0 Å². The van der Waals surface area contributed by atoms with Gasteiger partial charge in [-0.2, -0.15) is 0 Å². The number of nitrogens with one attached hydrogen (secondary N) is 2. The Morgan fingerprint density at radius 1 is 1.26 bits per heavy atom.